The van der Waals surface area contributed by atoms with E-state index in [2.05, 4.69) is 20.9 Å². The summed E-state index contributed by atoms with van der Waals surface area (Å²) < 4.78 is 10.2. The summed E-state index contributed by atoms with van der Waals surface area (Å²) in [6.07, 6.45) is 0.275. The molecule has 0 aliphatic rings. The molecule has 0 atom stereocenters. The number of hydroxylamine groups is 1. The lowest BCUT2D eigenvalue weighted by atomic mass is 9.95. The number of anilines is 1. The minimum Gasteiger partial charge on any atom is -0.361 e. The Balaban J connectivity index is 1.59. The Morgan fingerprint density at radius 1 is 1.00 bits per heavy atom. The van der Waals surface area contributed by atoms with Gasteiger partial charge < -0.3 is 19.7 Å². The molecule has 3 rings (SSSR count). The second-order valence-corrected chi connectivity index (χ2v) is 7.99. The third-order valence-corrected chi connectivity index (χ3v) is 4.38. The van der Waals surface area contributed by atoms with Crippen molar-refractivity contribution in [2.24, 2.45) is 5.41 Å². The Morgan fingerprint density at radius 2 is 1.72 bits per heavy atom. The number of carbonyl (C=O) groups excluding carboxylic acids is 3. The van der Waals surface area contributed by atoms with Crippen molar-refractivity contribution in [3.05, 3.63) is 53.5 Å². The first-order valence-electron chi connectivity index (χ1n) is 9.74. The van der Waals surface area contributed by atoms with E-state index in [9.17, 15) is 14.4 Å². The molecule has 2 heterocycles. The Labute approximate surface area is 183 Å². The van der Waals surface area contributed by atoms with Gasteiger partial charge in [-0.15, -0.1) is 0 Å². The van der Waals surface area contributed by atoms with Crippen LogP contribution in [0.5, 0.6) is 0 Å². The maximum Gasteiger partial charge on any atom is 0.296 e. The highest BCUT2D eigenvalue weighted by Crippen LogP contribution is 2.25. The van der Waals surface area contributed by atoms with E-state index in [0.717, 1.165) is 0 Å². The minimum atomic E-state index is -0.791. The smallest absolute Gasteiger partial charge is 0.296 e. The SMILES string of the molecule is CC(C)(C)C(=O)Nc1cccc(-c2cc(C(=O)NCCc3cc(C(=O)NO)no3)no2)c1. The lowest BCUT2D eigenvalue weighted by Crippen LogP contribution is -2.27. The number of rotatable bonds is 7. The maximum atomic E-state index is 12.3. The van der Waals surface area contributed by atoms with Crippen LogP contribution in [0.3, 0.4) is 0 Å². The monoisotopic (exact) mass is 441 g/mol. The molecule has 4 N–H and O–H groups in total. The van der Waals surface area contributed by atoms with Gasteiger partial charge in [0.15, 0.2) is 17.1 Å². The van der Waals surface area contributed by atoms with Crippen molar-refractivity contribution in [3.8, 4) is 11.3 Å². The highest BCUT2D eigenvalue weighted by Gasteiger charge is 2.21. The predicted octanol–water partition coefficient (Wildman–Crippen LogP) is 2.41. The molecule has 1 aromatic carbocycles. The van der Waals surface area contributed by atoms with Crippen molar-refractivity contribution in [2.75, 3.05) is 11.9 Å². The fourth-order valence-electron chi connectivity index (χ4n) is 2.57. The molecule has 0 saturated heterocycles. The highest BCUT2D eigenvalue weighted by molar-refractivity contribution is 5.95. The van der Waals surface area contributed by atoms with E-state index in [1.165, 1.54) is 17.6 Å². The standard InChI is InChI=1S/C21H23N5O6/c1-21(2,3)20(29)23-13-6-4-5-12(9-13)17-11-16(26-32-17)18(27)22-8-7-14-10-15(25-31-14)19(28)24-30/h4-6,9-11,30H,7-8H2,1-3H3,(H,22,27)(H,23,29)(H,24,28). The molecule has 168 valence electrons. The quantitative estimate of drug-likeness (QED) is 0.321. The average molecular weight is 441 g/mol. The second-order valence-electron chi connectivity index (χ2n) is 7.99. The van der Waals surface area contributed by atoms with E-state index in [0.29, 0.717) is 22.8 Å². The number of hydrogen-bond acceptors (Lipinski definition) is 8. The second kappa shape index (κ2) is 9.43. The molecule has 2 aromatic heterocycles. The van der Waals surface area contributed by atoms with Crippen LogP contribution in [0.4, 0.5) is 5.69 Å². The lowest BCUT2D eigenvalue weighted by Gasteiger charge is -2.17. The Hall–Kier alpha value is -3.99. The molecule has 0 radical (unpaired) electrons. The zero-order chi connectivity index (χ0) is 23.3. The predicted molar refractivity (Wildman–Crippen MR) is 112 cm³/mol. The van der Waals surface area contributed by atoms with E-state index >= 15 is 0 Å². The molecule has 0 spiro atoms. The fraction of sp³-hybridized carbons (Fsp3) is 0.286. The lowest BCUT2D eigenvalue weighted by molar-refractivity contribution is -0.123. The van der Waals surface area contributed by atoms with Crippen LogP contribution in [-0.4, -0.2) is 39.8 Å². The first kappa shape index (κ1) is 22.7. The van der Waals surface area contributed by atoms with Crippen LogP contribution in [0.1, 0.15) is 47.5 Å². The molecule has 0 bridgehead atoms. The van der Waals surface area contributed by atoms with Crippen LogP contribution < -0.4 is 16.1 Å². The molecule has 11 nitrogen and oxygen atoms in total. The van der Waals surface area contributed by atoms with Crippen LogP contribution >= 0.6 is 0 Å². The fourth-order valence-corrected chi connectivity index (χ4v) is 2.57. The molecule has 0 fully saturated rings. The summed E-state index contributed by atoms with van der Waals surface area (Å²) in [5.74, 6) is -0.634. The first-order valence-corrected chi connectivity index (χ1v) is 9.74. The van der Waals surface area contributed by atoms with E-state index in [1.54, 1.807) is 24.3 Å². The molecule has 3 amide bonds. The summed E-state index contributed by atoms with van der Waals surface area (Å²) in [5, 5.41) is 21.4. The molecule has 0 unspecified atom stereocenters. The van der Waals surface area contributed by atoms with Gasteiger partial charge in [-0.3, -0.25) is 19.6 Å². The number of amides is 3. The van der Waals surface area contributed by atoms with Gasteiger partial charge in [0, 0.05) is 41.8 Å². The third kappa shape index (κ3) is 5.58. The summed E-state index contributed by atoms with van der Waals surface area (Å²) in [7, 11) is 0. The zero-order valence-corrected chi connectivity index (χ0v) is 17.8. The van der Waals surface area contributed by atoms with Crippen molar-refractivity contribution < 1.29 is 28.6 Å². The van der Waals surface area contributed by atoms with Crippen molar-refractivity contribution in [2.45, 2.75) is 27.2 Å². The minimum absolute atomic E-state index is 0.0733. The van der Waals surface area contributed by atoms with E-state index in [1.807, 2.05) is 20.8 Å². The van der Waals surface area contributed by atoms with Crippen LogP contribution in [0.15, 0.2) is 45.4 Å². The van der Waals surface area contributed by atoms with Crippen LogP contribution in [0, 0.1) is 5.41 Å². The maximum absolute atomic E-state index is 12.3. The Kier molecular flexibility index (Phi) is 6.69. The van der Waals surface area contributed by atoms with E-state index in [-0.39, 0.29) is 30.3 Å². The first-order chi connectivity index (χ1) is 15.2. The average Bonchev–Trinajstić information content (AvgIpc) is 3.43. The molecule has 11 heteroatoms. The number of nitrogens with one attached hydrogen (secondary N) is 3. The molecular weight excluding hydrogens is 418 g/mol. The summed E-state index contributed by atoms with van der Waals surface area (Å²) in [5.41, 5.74) is 2.19. The van der Waals surface area contributed by atoms with Crippen LogP contribution in [0.2, 0.25) is 0 Å². The summed E-state index contributed by atoms with van der Waals surface area (Å²) in [6, 6.07) is 9.89. The van der Waals surface area contributed by atoms with E-state index < -0.39 is 17.2 Å². The normalized spacial score (nSPS) is 11.1. The number of hydrogen-bond donors (Lipinski definition) is 4. The van der Waals surface area contributed by atoms with Gasteiger partial charge in [0.05, 0.1) is 0 Å². The number of aromatic nitrogens is 2. The van der Waals surface area contributed by atoms with Gasteiger partial charge in [0.25, 0.3) is 11.8 Å². The third-order valence-electron chi connectivity index (χ3n) is 4.38. The van der Waals surface area contributed by atoms with Gasteiger partial charge >= 0.3 is 0 Å². The van der Waals surface area contributed by atoms with Crippen LogP contribution in [-0.2, 0) is 11.2 Å². The molecule has 3 aromatic rings. The van der Waals surface area contributed by atoms with Gasteiger partial charge in [-0.1, -0.05) is 43.2 Å². The molecule has 0 aliphatic carbocycles. The number of nitrogens with zero attached hydrogens (tertiary/aromatic N) is 2. The Bertz CT molecular complexity index is 1130. The van der Waals surface area contributed by atoms with Gasteiger partial charge in [0.1, 0.15) is 5.76 Å². The zero-order valence-electron chi connectivity index (χ0n) is 17.8. The van der Waals surface area contributed by atoms with E-state index in [4.69, 9.17) is 14.3 Å². The summed E-state index contributed by atoms with van der Waals surface area (Å²) in [6.45, 7) is 5.66. The number of benzene rings is 1. The Morgan fingerprint density at radius 3 is 2.44 bits per heavy atom. The molecule has 0 saturated carbocycles. The highest BCUT2D eigenvalue weighted by atomic mass is 16.5. The van der Waals surface area contributed by atoms with Crippen molar-refractivity contribution in [1.29, 1.82) is 0 Å². The molecule has 32 heavy (non-hydrogen) atoms. The van der Waals surface area contributed by atoms with Gasteiger partial charge in [-0.05, 0) is 12.1 Å². The van der Waals surface area contributed by atoms with Crippen molar-refractivity contribution in [1.82, 2.24) is 21.1 Å². The van der Waals surface area contributed by atoms with Gasteiger partial charge in [-0.2, -0.15) is 0 Å². The van der Waals surface area contributed by atoms with Gasteiger partial charge in [0.2, 0.25) is 5.91 Å². The summed E-state index contributed by atoms with van der Waals surface area (Å²) in [4.78, 5) is 35.8. The summed E-state index contributed by atoms with van der Waals surface area (Å²) >= 11 is 0. The van der Waals surface area contributed by atoms with Crippen molar-refractivity contribution >= 4 is 23.4 Å². The topological polar surface area (TPSA) is 160 Å². The van der Waals surface area contributed by atoms with Gasteiger partial charge in [-0.25, -0.2) is 5.48 Å². The largest absolute Gasteiger partial charge is 0.361 e. The molecule has 0 aliphatic heterocycles. The number of carbonyl (C=O) groups is 3. The molecular formula is C21H23N5O6. The van der Waals surface area contributed by atoms with Crippen molar-refractivity contribution in [3.63, 3.8) is 0 Å². The van der Waals surface area contributed by atoms with Crippen LogP contribution in [0.25, 0.3) is 11.3 Å².